The zero-order chi connectivity index (χ0) is 16.3. The predicted molar refractivity (Wildman–Crippen MR) is 94.6 cm³/mol. The maximum atomic E-state index is 9.30. The molecule has 0 atom stereocenters. The fourth-order valence-corrected chi connectivity index (χ4v) is 2.48. The highest BCUT2D eigenvalue weighted by atomic mass is 16.5. The van der Waals surface area contributed by atoms with Crippen molar-refractivity contribution < 1.29 is 9.94 Å². The highest BCUT2D eigenvalue weighted by Gasteiger charge is 2.07. The van der Waals surface area contributed by atoms with E-state index in [1.165, 1.54) is 25.7 Å². The Morgan fingerprint density at radius 2 is 1.52 bits per heavy atom. The SMILES string of the molecule is CCCCCCCOc1ccc(C(=NO)c2ccccc2)cc1. The van der Waals surface area contributed by atoms with E-state index < -0.39 is 0 Å². The third-order valence-electron chi connectivity index (χ3n) is 3.79. The van der Waals surface area contributed by atoms with Gasteiger partial charge in [-0.2, -0.15) is 0 Å². The lowest BCUT2D eigenvalue weighted by molar-refractivity contribution is 0.304. The first-order valence-electron chi connectivity index (χ1n) is 8.36. The molecule has 0 heterocycles. The van der Waals surface area contributed by atoms with E-state index in [4.69, 9.17) is 4.74 Å². The Labute approximate surface area is 138 Å². The standard InChI is InChI=1S/C20H25NO2/c1-2-3-4-5-9-16-23-19-14-12-18(13-15-19)20(21-22)17-10-7-6-8-11-17/h6-8,10-15,22H,2-5,9,16H2,1H3. The minimum absolute atomic E-state index is 0.566. The Morgan fingerprint density at radius 1 is 0.870 bits per heavy atom. The Hall–Kier alpha value is -2.29. The molecule has 0 amide bonds. The van der Waals surface area contributed by atoms with Crippen LogP contribution in [-0.2, 0) is 0 Å². The molecule has 0 aliphatic carbocycles. The molecule has 0 radical (unpaired) electrons. The van der Waals surface area contributed by atoms with Gasteiger partial charge in [-0.3, -0.25) is 0 Å². The molecule has 0 saturated heterocycles. The number of oxime groups is 1. The van der Waals surface area contributed by atoms with E-state index >= 15 is 0 Å². The average molecular weight is 311 g/mol. The fraction of sp³-hybridized carbons (Fsp3) is 0.350. The molecule has 1 N–H and O–H groups in total. The maximum absolute atomic E-state index is 9.30. The Balaban J connectivity index is 1.89. The molecule has 0 saturated carbocycles. The summed E-state index contributed by atoms with van der Waals surface area (Å²) in [4.78, 5) is 0. The summed E-state index contributed by atoms with van der Waals surface area (Å²) >= 11 is 0. The van der Waals surface area contributed by atoms with Gasteiger partial charge in [-0.15, -0.1) is 0 Å². The van der Waals surface area contributed by atoms with Crippen molar-refractivity contribution >= 4 is 5.71 Å². The van der Waals surface area contributed by atoms with Gasteiger partial charge < -0.3 is 9.94 Å². The van der Waals surface area contributed by atoms with Crippen molar-refractivity contribution in [2.75, 3.05) is 6.61 Å². The molecule has 0 unspecified atom stereocenters. The number of ether oxygens (including phenoxy) is 1. The molecule has 2 rings (SSSR count). The molecule has 2 aromatic carbocycles. The van der Waals surface area contributed by atoms with Crippen LogP contribution in [0.3, 0.4) is 0 Å². The van der Waals surface area contributed by atoms with Crippen LogP contribution < -0.4 is 4.74 Å². The first-order valence-corrected chi connectivity index (χ1v) is 8.36. The average Bonchev–Trinajstić information content (AvgIpc) is 2.61. The van der Waals surface area contributed by atoms with Gasteiger partial charge in [0, 0.05) is 11.1 Å². The molecule has 0 spiro atoms. The number of hydrogen-bond acceptors (Lipinski definition) is 3. The summed E-state index contributed by atoms with van der Waals surface area (Å²) in [6.45, 7) is 2.97. The molecule has 0 fully saturated rings. The molecular formula is C20H25NO2. The summed E-state index contributed by atoms with van der Waals surface area (Å²) in [5, 5.41) is 12.7. The highest BCUT2D eigenvalue weighted by molar-refractivity contribution is 6.12. The topological polar surface area (TPSA) is 41.8 Å². The highest BCUT2D eigenvalue weighted by Crippen LogP contribution is 2.16. The van der Waals surface area contributed by atoms with E-state index in [1.54, 1.807) is 0 Å². The van der Waals surface area contributed by atoms with Gasteiger partial charge in [-0.05, 0) is 30.7 Å². The smallest absolute Gasteiger partial charge is 0.119 e. The van der Waals surface area contributed by atoms with Crippen LogP contribution in [0.2, 0.25) is 0 Å². The van der Waals surface area contributed by atoms with Crippen molar-refractivity contribution in [1.29, 1.82) is 0 Å². The minimum atomic E-state index is 0.566. The summed E-state index contributed by atoms with van der Waals surface area (Å²) in [6, 6.07) is 17.3. The van der Waals surface area contributed by atoms with E-state index in [1.807, 2.05) is 54.6 Å². The second kappa shape index (κ2) is 9.67. The van der Waals surface area contributed by atoms with Crippen molar-refractivity contribution in [3.63, 3.8) is 0 Å². The van der Waals surface area contributed by atoms with Gasteiger partial charge >= 0.3 is 0 Å². The van der Waals surface area contributed by atoms with Crippen molar-refractivity contribution in [2.24, 2.45) is 5.16 Å². The second-order valence-corrected chi connectivity index (χ2v) is 5.60. The lowest BCUT2D eigenvalue weighted by atomic mass is 10.0. The van der Waals surface area contributed by atoms with E-state index in [2.05, 4.69) is 12.1 Å². The number of benzene rings is 2. The summed E-state index contributed by atoms with van der Waals surface area (Å²) in [5.74, 6) is 0.856. The zero-order valence-electron chi connectivity index (χ0n) is 13.7. The monoisotopic (exact) mass is 311 g/mol. The van der Waals surface area contributed by atoms with Crippen molar-refractivity contribution in [3.05, 3.63) is 65.7 Å². The Bertz CT molecular complexity index is 591. The third kappa shape index (κ3) is 5.44. The lowest BCUT2D eigenvalue weighted by Gasteiger charge is -2.08. The maximum Gasteiger partial charge on any atom is 0.119 e. The predicted octanol–water partition coefficient (Wildman–Crippen LogP) is 5.26. The van der Waals surface area contributed by atoms with Gasteiger partial charge in [0.1, 0.15) is 11.5 Å². The molecule has 0 aliphatic heterocycles. The summed E-state index contributed by atoms with van der Waals surface area (Å²) < 4.78 is 5.76. The van der Waals surface area contributed by atoms with Gasteiger partial charge in [-0.25, -0.2) is 0 Å². The summed E-state index contributed by atoms with van der Waals surface area (Å²) in [7, 11) is 0. The number of rotatable bonds is 9. The molecule has 122 valence electrons. The first kappa shape index (κ1) is 17.1. The quantitative estimate of drug-likeness (QED) is 0.297. The second-order valence-electron chi connectivity index (χ2n) is 5.60. The van der Waals surface area contributed by atoms with Crippen LogP contribution in [0.15, 0.2) is 59.8 Å². The molecule has 23 heavy (non-hydrogen) atoms. The van der Waals surface area contributed by atoms with Crippen LogP contribution in [0, 0.1) is 0 Å². The van der Waals surface area contributed by atoms with Crippen LogP contribution in [0.1, 0.15) is 50.2 Å². The van der Waals surface area contributed by atoms with E-state index in [9.17, 15) is 5.21 Å². The molecule has 2 aromatic rings. The van der Waals surface area contributed by atoms with Gasteiger partial charge in [0.2, 0.25) is 0 Å². The van der Waals surface area contributed by atoms with Crippen molar-refractivity contribution in [2.45, 2.75) is 39.0 Å². The summed E-state index contributed by atoms with van der Waals surface area (Å²) in [6.07, 6.45) is 6.17. The zero-order valence-corrected chi connectivity index (χ0v) is 13.7. The largest absolute Gasteiger partial charge is 0.494 e. The van der Waals surface area contributed by atoms with Crippen molar-refractivity contribution in [1.82, 2.24) is 0 Å². The van der Waals surface area contributed by atoms with Crippen molar-refractivity contribution in [3.8, 4) is 5.75 Å². The van der Waals surface area contributed by atoms with Crippen LogP contribution in [0.4, 0.5) is 0 Å². The Morgan fingerprint density at radius 3 is 2.17 bits per heavy atom. The van der Waals surface area contributed by atoms with E-state index in [0.29, 0.717) is 5.71 Å². The van der Waals surface area contributed by atoms with Crippen LogP contribution in [0.25, 0.3) is 0 Å². The van der Waals surface area contributed by atoms with E-state index in [0.717, 1.165) is 29.9 Å². The molecule has 3 heteroatoms. The van der Waals surface area contributed by atoms with Gasteiger partial charge in [0.05, 0.1) is 6.61 Å². The number of hydrogen-bond donors (Lipinski definition) is 1. The van der Waals surface area contributed by atoms with Crippen LogP contribution in [0.5, 0.6) is 5.75 Å². The number of nitrogens with zero attached hydrogens (tertiary/aromatic N) is 1. The van der Waals surface area contributed by atoms with Crippen LogP contribution in [-0.4, -0.2) is 17.5 Å². The Kier molecular flexibility index (Phi) is 7.18. The third-order valence-corrected chi connectivity index (χ3v) is 3.79. The van der Waals surface area contributed by atoms with Gasteiger partial charge in [-0.1, -0.05) is 68.1 Å². The molecule has 0 aliphatic rings. The molecule has 3 nitrogen and oxygen atoms in total. The van der Waals surface area contributed by atoms with Crippen LogP contribution >= 0.6 is 0 Å². The minimum Gasteiger partial charge on any atom is -0.494 e. The summed E-state index contributed by atoms with van der Waals surface area (Å²) in [5.41, 5.74) is 2.32. The lowest BCUT2D eigenvalue weighted by Crippen LogP contribution is -2.03. The fourth-order valence-electron chi connectivity index (χ4n) is 2.48. The van der Waals surface area contributed by atoms with Gasteiger partial charge in [0.15, 0.2) is 0 Å². The number of unbranched alkanes of at least 4 members (excludes halogenated alkanes) is 4. The molecular weight excluding hydrogens is 286 g/mol. The molecule has 0 bridgehead atoms. The molecule has 0 aromatic heterocycles. The van der Waals surface area contributed by atoms with Gasteiger partial charge in [0.25, 0.3) is 0 Å². The van der Waals surface area contributed by atoms with E-state index in [-0.39, 0.29) is 0 Å². The first-order chi connectivity index (χ1) is 11.3. The normalized spacial score (nSPS) is 11.4.